The van der Waals surface area contributed by atoms with E-state index in [1.54, 1.807) is 5.57 Å². The maximum atomic E-state index is 3.74. The van der Waals surface area contributed by atoms with Crippen molar-refractivity contribution in [2.24, 2.45) is 0 Å². The van der Waals surface area contributed by atoms with Crippen molar-refractivity contribution in [2.45, 2.75) is 25.7 Å². The summed E-state index contributed by atoms with van der Waals surface area (Å²) in [7, 11) is 0. The van der Waals surface area contributed by atoms with Crippen LogP contribution in [0.15, 0.2) is 42.5 Å². The molecule has 0 unspecified atom stereocenters. The second kappa shape index (κ2) is 4.28. The molecule has 0 heteroatoms. The van der Waals surface area contributed by atoms with E-state index in [2.05, 4.69) is 36.9 Å². The van der Waals surface area contributed by atoms with Crippen LogP contribution < -0.4 is 0 Å². The van der Waals surface area contributed by atoms with Gasteiger partial charge in [-0.05, 0) is 36.8 Å². The third-order valence-corrected chi connectivity index (χ3v) is 2.74. The van der Waals surface area contributed by atoms with E-state index in [9.17, 15) is 0 Å². The van der Waals surface area contributed by atoms with E-state index in [1.165, 1.54) is 24.0 Å². The van der Waals surface area contributed by atoms with Gasteiger partial charge >= 0.3 is 0 Å². The largest absolute Gasteiger partial charge is 0.103 e. The summed E-state index contributed by atoms with van der Waals surface area (Å²) in [5.41, 5.74) is 4.48. The van der Waals surface area contributed by atoms with Crippen LogP contribution in [-0.4, -0.2) is 0 Å². The van der Waals surface area contributed by atoms with E-state index in [4.69, 9.17) is 0 Å². The van der Waals surface area contributed by atoms with Gasteiger partial charge in [0.2, 0.25) is 0 Å². The number of allylic oxidation sites excluding steroid dienone is 2. The van der Waals surface area contributed by atoms with Gasteiger partial charge in [-0.2, -0.15) is 0 Å². The molecule has 0 nitrogen and oxygen atoms in total. The van der Waals surface area contributed by atoms with Gasteiger partial charge in [0.25, 0.3) is 0 Å². The first-order chi connectivity index (χ1) is 6.90. The minimum atomic E-state index is 1.13. The number of benzene rings is 1. The summed E-state index contributed by atoms with van der Waals surface area (Å²) >= 11 is 0. The molecule has 0 bridgehead atoms. The lowest BCUT2D eigenvalue weighted by Gasteiger charge is -1.99. The number of rotatable bonds is 4. The second-order valence-corrected chi connectivity index (χ2v) is 3.86. The number of hydrogen-bond donors (Lipinski definition) is 0. The summed E-state index contributed by atoms with van der Waals surface area (Å²) in [4.78, 5) is 0. The Kier molecular flexibility index (Phi) is 2.83. The van der Waals surface area contributed by atoms with E-state index in [-0.39, 0.29) is 0 Å². The molecule has 1 aliphatic carbocycles. The van der Waals surface area contributed by atoms with Crippen LogP contribution in [0.25, 0.3) is 6.08 Å². The van der Waals surface area contributed by atoms with E-state index in [1.807, 2.05) is 6.08 Å². The molecule has 1 aliphatic rings. The van der Waals surface area contributed by atoms with Crippen molar-refractivity contribution < 1.29 is 0 Å². The highest BCUT2D eigenvalue weighted by atomic mass is 14.1. The maximum absolute atomic E-state index is 3.74. The van der Waals surface area contributed by atoms with Gasteiger partial charge in [0, 0.05) is 0 Å². The van der Waals surface area contributed by atoms with Crippen molar-refractivity contribution in [1.29, 1.82) is 0 Å². The zero-order valence-electron chi connectivity index (χ0n) is 8.50. The average Bonchev–Trinajstić information content (AvgIpc) is 2.60. The SMILES string of the molecule is C=CCCCC1=Cc2ccccc2C1. The molecule has 72 valence electrons. The Morgan fingerprint density at radius 1 is 1.29 bits per heavy atom. The van der Waals surface area contributed by atoms with Gasteiger partial charge < -0.3 is 0 Å². The van der Waals surface area contributed by atoms with Gasteiger partial charge in [-0.1, -0.05) is 42.0 Å². The van der Waals surface area contributed by atoms with Gasteiger partial charge in [-0.3, -0.25) is 0 Å². The molecule has 0 atom stereocenters. The van der Waals surface area contributed by atoms with Gasteiger partial charge in [0.1, 0.15) is 0 Å². The molecule has 1 aromatic rings. The minimum absolute atomic E-state index is 1.13. The molecule has 0 radical (unpaired) electrons. The summed E-state index contributed by atoms with van der Waals surface area (Å²) in [5.74, 6) is 0. The van der Waals surface area contributed by atoms with Gasteiger partial charge in [0.15, 0.2) is 0 Å². The highest BCUT2D eigenvalue weighted by Gasteiger charge is 2.10. The van der Waals surface area contributed by atoms with E-state index in [0.29, 0.717) is 0 Å². The molecule has 0 spiro atoms. The monoisotopic (exact) mass is 184 g/mol. The molecule has 0 saturated heterocycles. The summed E-state index contributed by atoms with van der Waals surface area (Å²) in [5, 5.41) is 0. The van der Waals surface area contributed by atoms with E-state index < -0.39 is 0 Å². The first-order valence-corrected chi connectivity index (χ1v) is 5.28. The van der Waals surface area contributed by atoms with E-state index >= 15 is 0 Å². The second-order valence-electron chi connectivity index (χ2n) is 3.86. The predicted octanol–water partition coefficient (Wildman–Crippen LogP) is 3.98. The Morgan fingerprint density at radius 2 is 2.14 bits per heavy atom. The van der Waals surface area contributed by atoms with Crippen LogP contribution in [0.3, 0.4) is 0 Å². The fourth-order valence-corrected chi connectivity index (χ4v) is 1.99. The molecule has 0 N–H and O–H groups in total. The smallest absolute Gasteiger partial charge is 0.00578 e. The standard InChI is InChI=1S/C14H16/c1-2-3-4-7-12-10-13-8-5-6-9-14(13)11-12/h2,5-6,8-10H,1,3-4,7,11H2. The Morgan fingerprint density at radius 3 is 2.93 bits per heavy atom. The first kappa shape index (κ1) is 9.26. The molecule has 14 heavy (non-hydrogen) atoms. The molecule has 2 rings (SSSR count). The van der Waals surface area contributed by atoms with Crippen molar-refractivity contribution in [3.63, 3.8) is 0 Å². The molecular formula is C14H16. The van der Waals surface area contributed by atoms with Gasteiger partial charge in [-0.25, -0.2) is 0 Å². The Hall–Kier alpha value is -1.30. The molecular weight excluding hydrogens is 168 g/mol. The third-order valence-electron chi connectivity index (χ3n) is 2.74. The summed E-state index contributed by atoms with van der Waals surface area (Å²) < 4.78 is 0. The highest BCUT2D eigenvalue weighted by molar-refractivity contribution is 5.63. The van der Waals surface area contributed by atoms with Crippen LogP contribution in [0.4, 0.5) is 0 Å². The van der Waals surface area contributed by atoms with Crippen molar-refractivity contribution >= 4 is 6.08 Å². The molecule has 0 heterocycles. The van der Waals surface area contributed by atoms with Crippen LogP contribution in [0.2, 0.25) is 0 Å². The minimum Gasteiger partial charge on any atom is -0.103 e. The lowest BCUT2D eigenvalue weighted by atomic mass is 10.1. The normalized spacial score (nSPS) is 13.6. The maximum Gasteiger partial charge on any atom is -0.00578 e. The van der Waals surface area contributed by atoms with Crippen LogP contribution in [-0.2, 0) is 6.42 Å². The quantitative estimate of drug-likeness (QED) is 0.490. The number of hydrogen-bond acceptors (Lipinski definition) is 0. The molecule has 0 amide bonds. The van der Waals surface area contributed by atoms with Gasteiger partial charge in [-0.15, -0.1) is 6.58 Å². The van der Waals surface area contributed by atoms with Crippen molar-refractivity contribution in [2.75, 3.05) is 0 Å². The molecule has 0 aliphatic heterocycles. The van der Waals surface area contributed by atoms with Crippen LogP contribution in [0.5, 0.6) is 0 Å². The Balaban J connectivity index is 1.98. The van der Waals surface area contributed by atoms with Crippen LogP contribution in [0.1, 0.15) is 30.4 Å². The van der Waals surface area contributed by atoms with Gasteiger partial charge in [0.05, 0.1) is 0 Å². The number of unbranched alkanes of at least 4 members (excludes halogenated alkanes) is 1. The summed E-state index contributed by atoms with van der Waals surface area (Å²) in [6, 6.07) is 8.67. The van der Waals surface area contributed by atoms with E-state index in [0.717, 1.165) is 12.8 Å². The predicted molar refractivity (Wildman–Crippen MR) is 62.2 cm³/mol. The van der Waals surface area contributed by atoms with Crippen molar-refractivity contribution in [3.05, 3.63) is 53.6 Å². The summed E-state index contributed by atoms with van der Waals surface area (Å²) in [6.07, 6.45) is 9.10. The zero-order chi connectivity index (χ0) is 9.80. The molecule has 0 fully saturated rings. The topological polar surface area (TPSA) is 0 Å². The fourth-order valence-electron chi connectivity index (χ4n) is 1.99. The highest BCUT2D eigenvalue weighted by Crippen LogP contribution is 2.27. The summed E-state index contributed by atoms with van der Waals surface area (Å²) in [6.45, 7) is 3.74. The lowest BCUT2D eigenvalue weighted by Crippen LogP contribution is -1.84. The Labute approximate surface area is 86.0 Å². The molecule has 0 saturated carbocycles. The lowest BCUT2D eigenvalue weighted by molar-refractivity contribution is 0.822. The number of fused-ring (bicyclic) bond motifs is 1. The molecule has 1 aromatic carbocycles. The first-order valence-electron chi connectivity index (χ1n) is 5.28. The van der Waals surface area contributed by atoms with Crippen molar-refractivity contribution in [1.82, 2.24) is 0 Å². The van der Waals surface area contributed by atoms with Crippen LogP contribution >= 0.6 is 0 Å². The van der Waals surface area contributed by atoms with Crippen molar-refractivity contribution in [3.8, 4) is 0 Å². The van der Waals surface area contributed by atoms with Crippen LogP contribution in [0, 0.1) is 0 Å². The zero-order valence-corrected chi connectivity index (χ0v) is 8.50. The Bertz CT molecular complexity index is 358. The third kappa shape index (κ3) is 1.95. The fraction of sp³-hybridized carbons (Fsp3) is 0.286. The molecule has 0 aromatic heterocycles. The average molecular weight is 184 g/mol.